The normalized spacial score (nSPS) is 11.5. The highest BCUT2D eigenvalue weighted by molar-refractivity contribution is 9.10. The zero-order valence-electron chi connectivity index (χ0n) is 12.9. The number of carboxylic acids is 1. The van der Waals surface area contributed by atoms with Crippen molar-refractivity contribution in [3.05, 3.63) is 66.5 Å². The van der Waals surface area contributed by atoms with Crippen LogP contribution in [0, 0.1) is 13.8 Å². The van der Waals surface area contributed by atoms with E-state index in [9.17, 15) is 9.59 Å². The quantitative estimate of drug-likeness (QED) is 0.715. The largest absolute Gasteiger partial charge is 0.477 e. The standard InChI is InChI=1S/C17H13BrN2O3S/c1-9-3-4-10(2)11(7-9)5-6-12-14(18)15(21)20-8-13(16(22)23)24-17(20)19-12/h3-8H,1-2H3,(H,22,23). The maximum Gasteiger partial charge on any atom is 0.347 e. The maximum absolute atomic E-state index is 12.4. The first kappa shape index (κ1) is 16.6. The predicted molar refractivity (Wildman–Crippen MR) is 98.8 cm³/mol. The lowest BCUT2D eigenvalue weighted by atomic mass is 10.1. The van der Waals surface area contributed by atoms with Crippen LogP contribution in [-0.2, 0) is 0 Å². The summed E-state index contributed by atoms with van der Waals surface area (Å²) in [6.07, 6.45) is 4.95. The van der Waals surface area contributed by atoms with Crippen LogP contribution in [0.25, 0.3) is 17.1 Å². The van der Waals surface area contributed by atoms with Crippen molar-refractivity contribution in [1.29, 1.82) is 0 Å². The predicted octanol–water partition coefficient (Wildman–Crippen LogP) is 4.00. The van der Waals surface area contributed by atoms with Gasteiger partial charge in [-0.3, -0.25) is 9.20 Å². The molecule has 0 atom stereocenters. The maximum atomic E-state index is 12.4. The SMILES string of the molecule is Cc1ccc(C)c(C=Cc2nc3sc(C(=O)O)cn3c(=O)c2Br)c1. The van der Waals surface area contributed by atoms with Crippen LogP contribution in [0.15, 0.2) is 33.7 Å². The molecular formula is C17H13BrN2O3S. The summed E-state index contributed by atoms with van der Waals surface area (Å²) in [6.45, 7) is 4.03. The molecule has 1 aromatic carbocycles. The van der Waals surface area contributed by atoms with Crippen molar-refractivity contribution >= 4 is 50.3 Å². The number of fused-ring (bicyclic) bond motifs is 1. The van der Waals surface area contributed by atoms with Gasteiger partial charge in [-0.25, -0.2) is 9.78 Å². The van der Waals surface area contributed by atoms with E-state index in [-0.39, 0.29) is 10.4 Å². The average molecular weight is 405 g/mol. The number of benzene rings is 1. The molecule has 0 aliphatic rings. The Morgan fingerprint density at radius 1 is 1.33 bits per heavy atom. The molecule has 2 aromatic heterocycles. The molecule has 0 bridgehead atoms. The summed E-state index contributed by atoms with van der Waals surface area (Å²) in [6, 6.07) is 6.13. The lowest BCUT2D eigenvalue weighted by molar-refractivity contribution is 0.0702. The molecule has 0 saturated heterocycles. The first-order valence-electron chi connectivity index (χ1n) is 7.07. The van der Waals surface area contributed by atoms with E-state index in [1.807, 2.05) is 32.1 Å². The number of aromatic carboxylic acids is 1. The lowest BCUT2D eigenvalue weighted by Gasteiger charge is -2.02. The van der Waals surface area contributed by atoms with Gasteiger partial charge >= 0.3 is 5.97 Å². The Kier molecular flexibility index (Phi) is 4.38. The molecule has 24 heavy (non-hydrogen) atoms. The van der Waals surface area contributed by atoms with Crippen LogP contribution in [0.3, 0.4) is 0 Å². The number of carboxylic acid groups (broad SMARTS) is 1. The zero-order chi connectivity index (χ0) is 17.4. The number of halogens is 1. The molecule has 0 spiro atoms. The third kappa shape index (κ3) is 3.05. The minimum Gasteiger partial charge on any atom is -0.477 e. The van der Waals surface area contributed by atoms with Crippen molar-refractivity contribution in [2.24, 2.45) is 0 Å². The highest BCUT2D eigenvalue weighted by atomic mass is 79.9. The van der Waals surface area contributed by atoms with Crippen LogP contribution in [0.1, 0.15) is 32.1 Å². The Bertz CT molecular complexity index is 1050. The van der Waals surface area contributed by atoms with Crippen LogP contribution in [0.2, 0.25) is 0 Å². The van der Waals surface area contributed by atoms with Crippen molar-refractivity contribution < 1.29 is 9.90 Å². The van der Waals surface area contributed by atoms with Gasteiger partial charge in [-0.15, -0.1) is 0 Å². The summed E-state index contributed by atoms with van der Waals surface area (Å²) < 4.78 is 1.55. The second-order valence-electron chi connectivity index (χ2n) is 5.36. The molecule has 0 aliphatic heterocycles. The van der Waals surface area contributed by atoms with Crippen LogP contribution in [0.5, 0.6) is 0 Å². The number of aromatic nitrogens is 2. The molecule has 0 radical (unpaired) electrons. The van der Waals surface area contributed by atoms with Crippen LogP contribution >= 0.6 is 27.3 Å². The monoisotopic (exact) mass is 404 g/mol. The van der Waals surface area contributed by atoms with Gasteiger partial charge in [0.05, 0.1) is 5.69 Å². The van der Waals surface area contributed by atoms with Gasteiger partial charge in [-0.05, 0) is 47.0 Å². The van der Waals surface area contributed by atoms with Crippen molar-refractivity contribution in [3.8, 4) is 0 Å². The van der Waals surface area contributed by atoms with Gasteiger partial charge in [0, 0.05) is 6.20 Å². The molecule has 0 aliphatic carbocycles. The number of hydrogen-bond donors (Lipinski definition) is 1. The molecule has 122 valence electrons. The lowest BCUT2D eigenvalue weighted by Crippen LogP contribution is -2.15. The number of hydrogen-bond acceptors (Lipinski definition) is 4. The fourth-order valence-corrected chi connectivity index (χ4v) is 3.49. The number of rotatable bonds is 3. The van der Waals surface area contributed by atoms with E-state index in [4.69, 9.17) is 5.11 Å². The van der Waals surface area contributed by atoms with E-state index in [0.29, 0.717) is 15.1 Å². The van der Waals surface area contributed by atoms with E-state index in [1.165, 1.54) is 10.6 Å². The molecule has 0 fully saturated rings. The topological polar surface area (TPSA) is 71.7 Å². The summed E-state index contributed by atoms with van der Waals surface area (Å²) in [5, 5.41) is 9.07. The summed E-state index contributed by atoms with van der Waals surface area (Å²) in [7, 11) is 0. The molecule has 2 heterocycles. The Hall–Kier alpha value is -2.25. The smallest absolute Gasteiger partial charge is 0.347 e. The average Bonchev–Trinajstić information content (AvgIpc) is 2.97. The summed E-state index contributed by atoms with van der Waals surface area (Å²) in [4.78, 5) is 28.3. The second-order valence-corrected chi connectivity index (χ2v) is 7.16. The van der Waals surface area contributed by atoms with Gasteiger partial charge < -0.3 is 5.11 Å². The number of aryl methyl sites for hydroxylation is 2. The highest BCUT2D eigenvalue weighted by Gasteiger charge is 2.14. The molecule has 7 heteroatoms. The summed E-state index contributed by atoms with van der Waals surface area (Å²) in [5.41, 5.74) is 3.45. The summed E-state index contributed by atoms with van der Waals surface area (Å²) >= 11 is 4.23. The van der Waals surface area contributed by atoms with Gasteiger partial charge in [0.2, 0.25) is 0 Å². The molecule has 1 N–H and O–H groups in total. The van der Waals surface area contributed by atoms with Gasteiger partial charge in [0.25, 0.3) is 5.56 Å². The molecule has 5 nitrogen and oxygen atoms in total. The van der Waals surface area contributed by atoms with Crippen molar-refractivity contribution in [1.82, 2.24) is 9.38 Å². The van der Waals surface area contributed by atoms with Crippen LogP contribution in [0.4, 0.5) is 0 Å². The van der Waals surface area contributed by atoms with E-state index in [2.05, 4.69) is 27.0 Å². The number of nitrogens with zero attached hydrogens (tertiary/aromatic N) is 2. The minimum atomic E-state index is -1.08. The van der Waals surface area contributed by atoms with Crippen molar-refractivity contribution in [3.63, 3.8) is 0 Å². The molecule has 3 aromatic rings. The fraction of sp³-hybridized carbons (Fsp3) is 0.118. The fourth-order valence-electron chi connectivity index (χ4n) is 2.25. The van der Waals surface area contributed by atoms with E-state index in [0.717, 1.165) is 28.0 Å². The van der Waals surface area contributed by atoms with Crippen molar-refractivity contribution in [2.75, 3.05) is 0 Å². The molecule has 0 unspecified atom stereocenters. The first-order valence-corrected chi connectivity index (χ1v) is 8.68. The van der Waals surface area contributed by atoms with E-state index >= 15 is 0 Å². The van der Waals surface area contributed by atoms with Gasteiger partial charge in [0.15, 0.2) is 4.96 Å². The third-order valence-corrected chi connectivity index (χ3v) is 5.28. The Labute approximate surface area is 150 Å². The van der Waals surface area contributed by atoms with Crippen LogP contribution in [-0.4, -0.2) is 20.5 Å². The minimum absolute atomic E-state index is 0.0714. The first-order chi connectivity index (χ1) is 11.4. The zero-order valence-corrected chi connectivity index (χ0v) is 15.3. The third-order valence-electron chi connectivity index (χ3n) is 3.57. The van der Waals surface area contributed by atoms with E-state index < -0.39 is 5.97 Å². The van der Waals surface area contributed by atoms with Gasteiger partial charge in [-0.1, -0.05) is 41.2 Å². The number of carbonyl (C=O) groups is 1. The second kappa shape index (κ2) is 6.33. The van der Waals surface area contributed by atoms with Gasteiger partial charge in [-0.2, -0.15) is 0 Å². The molecule has 0 saturated carbocycles. The van der Waals surface area contributed by atoms with Crippen LogP contribution < -0.4 is 5.56 Å². The summed E-state index contributed by atoms with van der Waals surface area (Å²) in [5.74, 6) is -1.08. The Morgan fingerprint density at radius 2 is 2.08 bits per heavy atom. The molecular weight excluding hydrogens is 392 g/mol. The van der Waals surface area contributed by atoms with E-state index in [1.54, 1.807) is 6.08 Å². The molecule has 3 rings (SSSR count). The Balaban J connectivity index is 2.11. The molecule has 0 amide bonds. The van der Waals surface area contributed by atoms with Gasteiger partial charge in [0.1, 0.15) is 9.35 Å². The van der Waals surface area contributed by atoms with Crippen molar-refractivity contribution in [2.45, 2.75) is 13.8 Å². The number of thiazole rings is 1. The Morgan fingerprint density at radius 3 is 2.79 bits per heavy atom. The highest BCUT2D eigenvalue weighted by Crippen LogP contribution is 2.21.